The molecule has 1 atom stereocenters. The molecule has 0 aliphatic carbocycles. The summed E-state index contributed by atoms with van der Waals surface area (Å²) < 4.78 is 10.7. The van der Waals surface area contributed by atoms with Crippen LogP contribution in [0.1, 0.15) is 17.2 Å². The number of ether oxygens (including phenoxy) is 2. The Labute approximate surface area is 172 Å². The predicted octanol–water partition coefficient (Wildman–Crippen LogP) is 2.16. The first-order valence-corrected chi connectivity index (χ1v) is 8.99. The molecule has 148 valence electrons. The van der Waals surface area contributed by atoms with Crippen LogP contribution in [0.5, 0.6) is 5.75 Å². The highest BCUT2D eigenvalue weighted by molar-refractivity contribution is 6.35. The number of halogens is 2. The number of rotatable bonds is 10. The molecular weight excluding hydrogens is 407 g/mol. The lowest BCUT2D eigenvalue weighted by Crippen LogP contribution is -2.34. The molecule has 2 aromatic rings. The van der Waals surface area contributed by atoms with Crippen LogP contribution in [0.15, 0.2) is 36.4 Å². The van der Waals surface area contributed by atoms with Gasteiger partial charge in [-0.15, -0.1) is 0 Å². The highest BCUT2D eigenvalue weighted by atomic mass is 35.5. The van der Waals surface area contributed by atoms with Gasteiger partial charge in [0, 0.05) is 16.3 Å². The Morgan fingerprint density at radius 1 is 1.21 bits per heavy atom. The van der Waals surface area contributed by atoms with Crippen molar-refractivity contribution in [3.05, 3.63) is 57.6 Å². The summed E-state index contributed by atoms with van der Waals surface area (Å²) in [6.07, 6.45) is 0. The molecule has 0 saturated carbocycles. The van der Waals surface area contributed by atoms with E-state index in [9.17, 15) is 9.90 Å². The first kappa shape index (κ1) is 21.8. The van der Waals surface area contributed by atoms with Crippen molar-refractivity contribution in [1.82, 2.24) is 0 Å². The van der Waals surface area contributed by atoms with Crippen molar-refractivity contribution in [3.63, 3.8) is 0 Å². The normalized spacial score (nSPS) is 11.5. The summed E-state index contributed by atoms with van der Waals surface area (Å²) in [6.45, 7) is 0.309. The van der Waals surface area contributed by atoms with Crippen LogP contribution in [0.4, 0.5) is 5.69 Å². The van der Waals surface area contributed by atoms with E-state index < -0.39 is 12.0 Å². The fourth-order valence-electron chi connectivity index (χ4n) is 2.39. The number of benzene rings is 2. The van der Waals surface area contributed by atoms with Gasteiger partial charge < -0.3 is 29.8 Å². The predicted molar refractivity (Wildman–Crippen MR) is 102 cm³/mol. The second-order valence-electron chi connectivity index (χ2n) is 5.58. The number of carboxylic acids is 1. The van der Waals surface area contributed by atoms with Gasteiger partial charge in [0.1, 0.15) is 12.4 Å². The number of hydrogen-bond donors (Lipinski definition) is 2. The van der Waals surface area contributed by atoms with E-state index in [1.54, 1.807) is 24.3 Å². The third kappa shape index (κ3) is 6.01. The lowest BCUT2D eigenvalue weighted by Gasteiger charge is -2.24. The molecule has 0 aromatic heterocycles. The van der Waals surface area contributed by atoms with E-state index in [1.165, 1.54) is 12.1 Å². The quantitative estimate of drug-likeness (QED) is 0.562. The van der Waals surface area contributed by atoms with Gasteiger partial charge in [-0.3, -0.25) is 0 Å². The van der Waals surface area contributed by atoms with Crippen LogP contribution < -0.4 is 15.2 Å². The molecule has 0 fully saturated rings. The molecule has 28 heavy (non-hydrogen) atoms. The van der Waals surface area contributed by atoms with Gasteiger partial charge in [0.05, 0.1) is 48.5 Å². The van der Waals surface area contributed by atoms with E-state index >= 15 is 0 Å². The number of anilines is 1. The fraction of sp³-hybridized carbons (Fsp3) is 0.263. The lowest BCUT2D eigenvalue weighted by molar-refractivity contribution is -0.307. The average molecular weight is 424 g/mol. The Kier molecular flexibility index (Phi) is 8.36. The van der Waals surface area contributed by atoms with Crippen molar-refractivity contribution in [3.8, 4) is 11.8 Å². The summed E-state index contributed by atoms with van der Waals surface area (Å²) in [5.74, 6) is -1.28. The Morgan fingerprint density at radius 3 is 2.54 bits per heavy atom. The maximum Gasteiger partial charge on any atom is 0.143 e. The zero-order valence-electron chi connectivity index (χ0n) is 14.7. The van der Waals surface area contributed by atoms with Gasteiger partial charge in [0.2, 0.25) is 0 Å². The Morgan fingerprint density at radius 2 is 1.93 bits per heavy atom. The molecule has 0 bridgehead atoms. The smallest absolute Gasteiger partial charge is 0.143 e. The van der Waals surface area contributed by atoms with E-state index in [4.69, 9.17) is 43.0 Å². The van der Waals surface area contributed by atoms with Gasteiger partial charge in [-0.25, -0.2) is 0 Å². The van der Waals surface area contributed by atoms with Gasteiger partial charge in [0.15, 0.2) is 0 Å². The monoisotopic (exact) mass is 423 g/mol. The first-order chi connectivity index (χ1) is 13.5. The van der Waals surface area contributed by atoms with E-state index in [0.717, 1.165) is 0 Å². The molecule has 2 aromatic carbocycles. The maximum atomic E-state index is 11.8. The van der Waals surface area contributed by atoms with Crippen molar-refractivity contribution in [2.45, 2.75) is 6.04 Å². The number of nitriles is 1. The minimum atomic E-state index is -1.41. The third-order valence-corrected chi connectivity index (χ3v) is 4.12. The SMILES string of the molecule is N#Cc1ccc(NC(C(=O)[O-])c2cc(Cl)cc(Cl)c2OCCOCCO)cc1. The molecule has 0 aliphatic heterocycles. The van der Waals surface area contributed by atoms with E-state index in [0.29, 0.717) is 11.3 Å². The van der Waals surface area contributed by atoms with Crippen LogP contribution in [-0.2, 0) is 9.53 Å². The summed E-state index contributed by atoms with van der Waals surface area (Å²) in [4.78, 5) is 11.8. The second-order valence-corrected chi connectivity index (χ2v) is 6.42. The van der Waals surface area contributed by atoms with Crippen LogP contribution in [0.3, 0.4) is 0 Å². The molecule has 9 heteroatoms. The zero-order valence-corrected chi connectivity index (χ0v) is 16.2. The number of carbonyl (C=O) groups is 1. The standard InChI is InChI=1S/C19H18Cl2N2O5/c20-13-9-15(18(16(21)10-13)28-8-7-27-6-5-24)17(19(25)26)23-14-3-1-12(11-22)2-4-14/h1-4,9-10,17,23-24H,5-8H2,(H,25,26)/p-1. The molecule has 0 radical (unpaired) electrons. The highest BCUT2D eigenvalue weighted by Gasteiger charge is 2.21. The minimum Gasteiger partial charge on any atom is -0.548 e. The Bertz CT molecular complexity index is 853. The van der Waals surface area contributed by atoms with Gasteiger partial charge in [-0.2, -0.15) is 5.26 Å². The topological polar surface area (TPSA) is 115 Å². The summed E-state index contributed by atoms with van der Waals surface area (Å²) in [7, 11) is 0. The number of carboxylic acid groups (broad SMARTS) is 1. The lowest BCUT2D eigenvalue weighted by atomic mass is 10.0. The summed E-state index contributed by atoms with van der Waals surface area (Å²) in [5.41, 5.74) is 1.08. The van der Waals surface area contributed by atoms with Gasteiger partial charge in [-0.1, -0.05) is 23.2 Å². The van der Waals surface area contributed by atoms with E-state index in [2.05, 4.69) is 5.32 Å². The number of aliphatic carboxylic acids is 1. The number of aliphatic hydroxyl groups is 1. The summed E-state index contributed by atoms with van der Waals surface area (Å²) in [6, 6.07) is 9.79. The van der Waals surface area contributed by atoms with Gasteiger partial charge in [-0.05, 0) is 36.4 Å². The number of hydrogen-bond acceptors (Lipinski definition) is 7. The molecule has 0 amide bonds. The van der Waals surface area contributed by atoms with Crippen molar-refractivity contribution >= 4 is 34.9 Å². The highest BCUT2D eigenvalue weighted by Crippen LogP contribution is 2.37. The van der Waals surface area contributed by atoms with Crippen LogP contribution in [0, 0.1) is 11.3 Å². The Hall–Kier alpha value is -2.50. The molecule has 0 saturated heterocycles. The number of nitrogens with one attached hydrogen (secondary N) is 1. The zero-order chi connectivity index (χ0) is 20.5. The van der Waals surface area contributed by atoms with Gasteiger partial charge in [0.25, 0.3) is 0 Å². The minimum absolute atomic E-state index is 0.0883. The third-order valence-electron chi connectivity index (χ3n) is 3.62. The molecule has 0 aliphatic rings. The molecule has 1 unspecified atom stereocenters. The molecule has 0 heterocycles. The van der Waals surface area contributed by atoms with E-state index in [-0.39, 0.29) is 47.8 Å². The van der Waals surface area contributed by atoms with Crippen molar-refractivity contribution in [1.29, 1.82) is 5.26 Å². The average Bonchev–Trinajstić information content (AvgIpc) is 2.67. The second kappa shape index (κ2) is 10.7. The molecule has 2 rings (SSSR count). The molecule has 2 N–H and O–H groups in total. The van der Waals surface area contributed by atoms with Crippen LogP contribution in [0.2, 0.25) is 10.0 Å². The molecule has 0 spiro atoms. The number of nitrogens with zero attached hydrogens (tertiary/aromatic N) is 1. The molecular formula is C19H17Cl2N2O5-. The van der Waals surface area contributed by atoms with Crippen LogP contribution in [0.25, 0.3) is 0 Å². The molecule has 7 nitrogen and oxygen atoms in total. The van der Waals surface area contributed by atoms with Gasteiger partial charge >= 0.3 is 0 Å². The van der Waals surface area contributed by atoms with Crippen LogP contribution in [-0.4, -0.2) is 37.5 Å². The van der Waals surface area contributed by atoms with Crippen molar-refractivity contribution in [2.75, 3.05) is 31.7 Å². The van der Waals surface area contributed by atoms with Crippen molar-refractivity contribution < 1.29 is 24.5 Å². The number of aliphatic hydroxyl groups excluding tert-OH is 1. The number of carbonyl (C=O) groups excluding carboxylic acids is 1. The van der Waals surface area contributed by atoms with E-state index in [1.807, 2.05) is 6.07 Å². The fourth-order valence-corrected chi connectivity index (χ4v) is 2.95. The van der Waals surface area contributed by atoms with Crippen molar-refractivity contribution in [2.24, 2.45) is 0 Å². The largest absolute Gasteiger partial charge is 0.548 e. The van der Waals surface area contributed by atoms with Crippen LogP contribution >= 0.6 is 23.2 Å². The summed E-state index contributed by atoms with van der Waals surface area (Å²) >= 11 is 12.2. The summed E-state index contributed by atoms with van der Waals surface area (Å²) in [5, 5.41) is 32.6. The Balaban J connectivity index is 2.28. The maximum absolute atomic E-state index is 11.8. The first-order valence-electron chi connectivity index (χ1n) is 8.24.